The van der Waals surface area contributed by atoms with Crippen LogP contribution in [0.4, 0.5) is 0 Å². The Morgan fingerprint density at radius 1 is 0.366 bits per heavy atom. The van der Waals surface area contributed by atoms with Crippen molar-refractivity contribution in [3.63, 3.8) is 0 Å². The van der Waals surface area contributed by atoms with Crippen LogP contribution in [0.25, 0.3) is 0 Å². The van der Waals surface area contributed by atoms with Gasteiger partial charge in [0.1, 0.15) is 6.54 Å². The Bertz CT molecular complexity index is 492. The zero-order valence-corrected chi connectivity index (χ0v) is 28.9. The van der Waals surface area contributed by atoms with Crippen LogP contribution >= 0.6 is 0 Å². The third-order valence-electron chi connectivity index (χ3n) is 9.92. The standard InChI is InChI=1S/C39H79N2/c1-3-5-7-9-11-13-15-17-19-21-23-25-27-29-31-33-36-41(38-35-40-39-41)37-34-32-30-28-26-24-22-20-18-16-14-12-10-8-6-4-2/h39H,3-38H2,1-2H3/q+1. The van der Waals surface area contributed by atoms with E-state index in [1.165, 1.54) is 230 Å². The molecule has 1 rings (SSSR count). The van der Waals surface area contributed by atoms with Crippen LogP contribution in [0.5, 0.6) is 0 Å². The van der Waals surface area contributed by atoms with Crippen LogP contribution in [0.15, 0.2) is 4.99 Å². The second kappa shape index (κ2) is 31.1. The SMILES string of the molecule is CCCCCCCCCCCCCCCCCC[N+]1(CCCCCCCCCCCCCCCCCC)C=NCC1. The minimum atomic E-state index is 1.07. The van der Waals surface area contributed by atoms with Gasteiger partial charge in [-0.05, 0) is 25.7 Å². The van der Waals surface area contributed by atoms with Gasteiger partial charge in [0.25, 0.3) is 0 Å². The molecule has 0 aromatic heterocycles. The molecule has 244 valence electrons. The molecular formula is C39H79N2+. The molecule has 1 aliphatic heterocycles. The summed E-state index contributed by atoms with van der Waals surface area (Å²) in [7, 11) is 0. The Balaban J connectivity index is 1.85. The van der Waals surface area contributed by atoms with Crippen molar-refractivity contribution in [3.8, 4) is 0 Å². The molecule has 0 fully saturated rings. The molecule has 0 aliphatic carbocycles. The molecule has 1 heterocycles. The number of quaternary nitrogens is 1. The van der Waals surface area contributed by atoms with Gasteiger partial charge in [-0.25, -0.2) is 4.99 Å². The van der Waals surface area contributed by atoms with Crippen LogP contribution in [0.1, 0.15) is 219 Å². The molecule has 1 aliphatic rings. The van der Waals surface area contributed by atoms with E-state index < -0.39 is 0 Å². The number of hydrogen-bond donors (Lipinski definition) is 0. The summed E-state index contributed by atoms with van der Waals surface area (Å²) in [5.74, 6) is 0. The minimum Gasteiger partial charge on any atom is -0.280 e. The maximum atomic E-state index is 4.67. The maximum absolute atomic E-state index is 4.67. The normalized spacial score (nSPS) is 14.4. The van der Waals surface area contributed by atoms with Crippen molar-refractivity contribution in [3.05, 3.63) is 0 Å². The highest BCUT2D eigenvalue weighted by Gasteiger charge is 2.27. The topological polar surface area (TPSA) is 12.4 Å². The van der Waals surface area contributed by atoms with Crippen LogP contribution in [0.3, 0.4) is 0 Å². The van der Waals surface area contributed by atoms with Gasteiger partial charge in [-0.3, -0.25) is 4.48 Å². The summed E-state index contributed by atoms with van der Waals surface area (Å²) >= 11 is 0. The third-order valence-corrected chi connectivity index (χ3v) is 9.92. The lowest BCUT2D eigenvalue weighted by atomic mass is 10.0. The first kappa shape index (κ1) is 38.7. The molecule has 2 nitrogen and oxygen atoms in total. The molecule has 0 amide bonds. The van der Waals surface area contributed by atoms with Crippen molar-refractivity contribution < 1.29 is 4.48 Å². The summed E-state index contributed by atoms with van der Waals surface area (Å²) in [4.78, 5) is 4.67. The van der Waals surface area contributed by atoms with Crippen molar-refractivity contribution in [2.45, 2.75) is 219 Å². The predicted molar refractivity (Wildman–Crippen MR) is 187 cm³/mol. The van der Waals surface area contributed by atoms with E-state index in [2.05, 4.69) is 25.2 Å². The van der Waals surface area contributed by atoms with Gasteiger partial charge in [0.05, 0.1) is 19.6 Å². The molecule has 0 saturated carbocycles. The lowest BCUT2D eigenvalue weighted by molar-refractivity contribution is -0.829. The van der Waals surface area contributed by atoms with Gasteiger partial charge in [0.15, 0.2) is 6.34 Å². The fraction of sp³-hybridized carbons (Fsp3) is 0.974. The highest BCUT2D eigenvalue weighted by Crippen LogP contribution is 2.18. The third kappa shape index (κ3) is 25.8. The number of nitrogens with zero attached hydrogens (tertiary/aromatic N) is 2. The van der Waals surface area contributed by atoms with E-state index in [0.29, 0.717) is 0 Å². The smallest absolute Gasteiger partial charge is 0.185 e. The van der Waals surface area contributed by atoms with Gasteiger partial charge in [0, 0.05) is 0 Å². The molecule has 0 bridgehead atoms. The molecule has 0 atom stereocenters. The Morgan fingerprint density at radius 3 is 0.829 bits per heavy atom. The molecule has 0 aromatic carbocycles. The Hall–Kier alpha value is -0.370. The monoisotopic (exact) mass is 576 g/mol. The average Bonchev–Trinajstić information content (AvgIpc) is 3.45. The van der Waals surface area contributed by atoms with Gasteiger partial charge in [0.2, 0.25) is 0 Å². The lowest BCUT2D eigenvalue weighted by Crippen LogP contribution is -2.46. The molecule has 0 saturated heterocycles. The first-order valence-electron chi connectivity index (χ1n) is 19.7. The molecule has 0 unspecified atom stereocenters. The molecule has 0 N–H and O–H groups in total. The summed E-state index contributed by atoms with van der Waals surface area (Å²) in [5, 5.41) is 0. The number of aliphatic imine (C=N–C) groups is 1. The summed E-state index contributed by atoms with van der Waals surface area (Å²) in [5.41, 5.74) is 0. The van der Waals surface area contributed by atoms with Crippen LogP contribution in [-0.2, 0) is 0 Å². The van der Waals surface area contributed by atoms with Crippen molar-refractivity contribution in [1.29, 1.82) is 0 Å². The van der Waals surface area contributed by atoms with E-state index in [1.54, 1.807) is 0 Å². The largest absolute Gasteiger partial charge is 0.280 e. The van der Waals surface area contributed by atoms with Crippen LogP contribution in [0, 0.1) is 0 Å². The zero-order chi connectivity index (χ0) is 29.4. The van der Waals surface area contributed by atoms with Gasteiger partial charge in [-0.15, -0.1) is 0 Å². The quantitative estimate of drug-likeness (QED) is 0.0534. The van der Waals surface area contributed by atoms with Gasteiger partial charge in [-0.2, -0.15) is 0 Å². The second-order valence-electron chi connectivity index (χ2n) is 14.0. The summed E-state index contributed by atoms with van der Waals surface area (Å²) in [6.45, 7) is 9.66. The zero-order valence-electron chi connectivity index (χ0n) is 28.9. The van der Waals surface area contributed by atoms with Crippen molar-refractivity contribution in [1.82, 2.24) is 0 Å². The predicted octanol–water partition coefficient (Wildman–Crippen LogP) is 13.4. The van der Waals surface area contributed by atoms with Crippen LogP contribution in [0.2, 0.25) is 0 Å². The Morgan fingerprint density at radius 2 is 0.610 bits per heavy atom. The van der Waals surface area contributed by atoms with Crippen molar-refractivity contribution in [2.24, 2.45) is 4.99 Å². The van der Waals surface area contributed by atoms with E-state index in [-0.39, 0.29) is 0 Å². The highest BCUT2D eigenvalue weighted by atomic mass is 15.4. The molecule has 2 heteroatoms. The first-order chi connectivity index (χ1) is 20.3. The van der Waals surface area contributed by atoms with Crippen molar-refractivity contribution >= 4 is 6.34 Å². The fourth-order valence-electron chi connectivity index (χ4n) is 6.95. The van der Waals surface area contributed by atoms with Gasteiger partial charge in [-0.1, -0.05) is 194 Å². The molecule has 41 heavy (non-hydrogen) atoms. The highest BCUT2D eigenvalue weighted by molar-refractivity contribution is 5.48. The number of rotatable bonds is 34. The van der Waals surface area contributed by atoms with Gasteiger partial charge < -0.3 is 0 Å². The first-order valence-corrected chi connectivity index (χ1v) is 19.7. The van der Waals surface area contributed by atoms with E-state index >= 15 is 0 Å². The van der Waals surface area contributed by atoms with E-state index in [9.17, 15) is 0 Å². The number of unbranched alkanes of at least 4 members (excludes halogenated alkanes) is 30. The summed E-state index contributed by atoms with van der Waals surface area (Å²) in [6, 6.07) is 0. The van der Waals surface area contributed by atoms with E-state index in [1.807, 2.05) is 0 Å². The Kier molecular flexibility index (Phi) is 29.3. The fourth-order valence-corrected chi connectivity index (χ4v) is 6.95. The molecule has 0 spiro atoms. The number of hydrogen-bond acceptors (Lipinski definition) is 1. The summed E-state index contributed by atoms with van der Waals surface area (Å²) < 4.78 is 1.21. The lowest BCUT2D eigenvalue weighted by Gasteiger charge is -2.30. The van der Waals surface area contributed by atoms with Gasteiger partial charge >= 0.3 is 0 Å². The van der Waals surface area contributed by atoms with Crippen LogP contribution < -0.4 is 0 Å². The average molecular weight is 576 g/mol. The molecule has 0 aromatic rings. The Labute approximate surface area is 260 Å². The minimum absolute atomic E-state index is 1.07. The maximum Gasteiger partial charge on any atom is 0.185 e. The molecular weight excluding hydrogens is 496 g/mol. The van der Waals surface area contributed by atoms with Crippen LogP contribution in [-0.4, -0.2) is 37.0 Å². The molecule has 0 radical (unpaired) electrons. The van der Waals surface area contributed by atoms with E-state index in [4.69, 9.17) is 0 Å². The summed E-state index contributed by atoms with van der Waals surface area (Å²) in [6.07, 6.45) is 49.0. The van der Waals surface area contributed by atoms with Crippen molar-refractivity contribution in [2.75, 3.05) is 26.2 Å². The second-order valence-corrected chi connectivity index (χ2v) is 14.0. The van der Waals surface area contributed by atoms with E-state index in [0.717, 1.165) is 6.54 Å².